The number of aromatic nitrogens is 2. The Labute approximate surface area is 159 Å². The van der Waals surface area contributed by atoms with Crippen molar-refractivity contribution in [2.45, 2.75) is 44.5 Å². The number of rotatable bonds is 5. The van der Waals surface area contributed by atoms with E-state index in [0.717, 1.165) is 29.7 Å². The number of ether oxygens (including phenoxy) is 2. The van der Waals surface area contributed by atoms with Crippen LogP contribution < -0.4 is 0 Å². The minimum atomic E-state index is -0.243. The number of amides is 1. The summed E-state index contributed by atoms with van der Waals surface area (Å²) in [5.74, 6) is 0.108. The lowest BCUT2D eigenvalue weighted by atomic mass is 9.84. The molecule has 1 spiro atoms. The number of carbonyl (C=O) groups excluding carboxylic acids is 1. The molecule has 1 amide bonds. The Bertz CT molecular complexity index is 790. The maximum absolute atomic E-state index is 12.4. The van der Waals surface area contributed by atoms with Gasteiger partial charge >= 0.3 is 0 Å². The molecule has 0 aliphatic carbocycles. The van der Waals surface area contributed by atoms with Gasteiger partial charge in [-0.3, -0.25) is 14.8 Å². The zero-order valence-electron chi connectivity index (χ0n) is 15.6. The fourth-order valence-corrected chi connectivity index (χ4v) is 3.85. The van der Waals surface area contributed by atoms with Crippen molar-refractivity contribution >= 4 is 5.91 Å². The summed E-state index contributed by atoms with van der Waals surface area (Å²) < 4.78 is 12.1. The van der Waals surface area contributed by atoms with E-state index in [1.165, 1.54) is 0 Å². The number of pyridine rings is 2. The first-order valence-corrected chi connectivity index (χ1v) is 9.46. The second kappa shape index (κ2) is 7.74. The van der Waals surface area contributed by atoms with E-state index in [1.807, 2.05) is 42.4 Å². The zero-order valence-corrected chi connectivity index (χ0v) is 15.6. The number of hydrogen-bond donors (Lipinski definition) is 0. The normalized spacial score (nSPS) is 21.1. The van der Waals surface area contributed by atoms with Crippen LogP contribution in [0.5, 0.6) is 0 Å². The molecular weight excluding hydrogens is 342 g/mol. The van der Waals surface area contributed by atoms with E-state index in [-0.39, 0.29) is 17.6 Å². The minimum Gasteiger partial charge on any atom is -0.373 e. The van der Waals surface area contributed by atoms with Crippen LogP contribution in [0.25, 0.3) is 0 Å². The number of likely N-dealkylation sites (tertiary alicyclic amines) is 1. The molecule has 1 unspecified atom stereocenters. The summed E-state index contributed by atoms with van der Waals surface area (Å²) in [6.07, 6.45) is 7.64. The molecule has 2 aliphatic rings. The van der Waals surface area contributed by atoms with Gasteiger partial charge in [-0.25, -0.2) is 0 Å². The van der Waals surface area contributed by atoms with Crippen molar-refractivity contribution in [2.75, 3.05) is 19.7 Å². The lowest BCUT2D eigenvalue weighted by Gasteiger charge is -2.53. The Hall–Kier alpha value is -2.31. The summed E-state index contributed by atoms with van der Waals surface area (Å²) in [5.41, 5.74) is 2.80. The van der Waals surface area contributed by atoms with Crippen molar-refractivity contribution in [3.63, 3.8) is 0 Å². The highest BCUT2D eigenvalue weighted by Gasteiger charge is 2.49. The lowest BCUT2D eigenvalue weighted by Crippen LogP contribution is -2.67. The van der Waals surface area contributed by atoms with Gasteiger partial charge in [-0.05, 0) is 36.6 Å². The highest BCUT2D eigenvalue weighted by molar-refractivity contribution is 5.79. The maximum Gasteiger partial charge on any atom is 0.228 e. The molecule has 0 aromatic carbocycles. The second-order valence-corrected chi connectivity index (χ2v) is 7.58. The Morgan fingerprint density at radius 2 is 2.26 bits per heavy atom. The van der Waals surface area contributed by atoms with E-state index < -0.39 is 0 Å². The Morgan fingerprint density at radius 1 is 1.37 bits per heavy atom. The van der Waals surface area contributed by atoms with Gasteiger partial charge in [0.05, 0.1) is 32.2 Å². The summed E-state index contributed by atoms with van der Waals surface area (Å²) in [5, 5.41) is 0. The fraction of sp³-hybridized carbons (Fsp3) is 0.476. The summed E-state index contributed by atoms with van der Waals surface area (Å²) in [7, 11) is 0. The van der Waals surface area contributed by atoms with Crippen LogP contribution in [0, 0.1) is 6.92 Å². The van der Waals surface area contributed by atoms with E-state index >= 15 is 0 Å². The third-order valence-electron chi connectivity index (χ3n) is 5.23. The molecule has 0 bridgehead atoms. The van der Waals surface area contributed by atoms with Crippen LogP contribution in [0.2, 0.25) is 0 Å². The summed E-state index contributed by atoms with van der Waals surface area (Å²) in [6, 6.07) is 7.75. The van der Waals surface area contributed by atoms with Crippen LogP contribution >= 0.6 is 0 Å². The van der Waals surface area contributed by atoms with Crippen molar-refractivity contribution in [3.8, 4) is 0 Å². The number of hydrogen-bond acceptors (Lipinski definition) is 5. The molecular formula is C21H25N3O3. The van der Waals surface area contributed by atoms with Crippen LogP contribution in [-0.4, -0.2) is 52.2 Å². The van der Waals surface area contributed by atoms with Crippen LogP contribution in [0.15, 0.2) is 42.9 Å². The summed E-state index contributed by atoms with van der Waals surface area (Å²) in [6.45, 7) is 4.57. The highest BCUT2D eigenvalue weighted by atomic mass is 16.5. The standard InChI is InChI=1S/C21H25N3O3/c1-16-8-17(12-22-11-16)13-26-19-5-7-27-21(10-19)14-24(15-21)20(25)9-18-4-2-3-6-23-18/h2-4,6,8,11-12,19H,5,7,9-10,13-15H2,1H3. The van der Waals surface area contributed by atoms with Gasteiger partial charge in [0.1, 0.15) is 5.60 Å². The first kappa shape index (κ1) is 18.1. The molecule has 4 rings (SSSR count). The summed E-state index contributed by atoms with van der Waals surface area (Å²) in [4.78, 5) is 22.7. The van der Waals surface area contributed by atoms with Gasteiger partial charge in [0, 0.05) is 37.3 Å². The molecule has 2 aromatic heterocycles. The lowest BCUT2D eigenvalue weighted by molar-refractivity contribution is -0.202. The quantitative estimate of drug-likeness (QED) is 0.811. The van der Waals surface area contributed by atoms with Gasteiger partial charge in [0.15, 0.2) is 0 Å². The number of aryl methyl sites for hydroxylation is 1. The molecule has 2 aromatic rings. The molecule has 2 fully saturated rings. The molecule has 27 heavy (non-hydrogen) atoms. The van der Waals surface area contributed by atoms with Gasteiger partial charge in [-0.2, -0.15) is 0 Å². The van der Waals surface area contributed by atoms with Crippen molar-refractivity contribution in [2.24, 2.45) is 0 Å². The topological polar surface area (TPSA) is 64.6 Å². The van der Waals surface area contributed by atoms with Crippen molar-refractivity contribution in [1.29, 1.82) is 0 Å². The Morgan fingerprint density at radius 3 is 3.04 bits per heavy atom. The first-order valence-electron chi connectivity index (χ1n) is 9.46. The molecule has 1 atom stereocenters. The molecule has 0 N–H and O–H groups in total. The molecule has 0 saturated carbocycles. The van der Waals surface area contributed by atoms with E-state index in [0.29, 0.717) is 32.7 Å². The minimum absolute atomic E-state index is 0.108. The van der Waals surface area contributed by atoms with Gasteiger partial charge in [0.2, 0.25) is 5.91 Å². The van der Waals surface area contributed by atoms with Gasteiger partial charge in [-0.15, -0.1) is 0 Å². The van der Waals surface area contributed by atoms with Crippen LogP contribution in [0.1, 0.15) is 29.7 Å². The highest BCUT2D eigenvalue weighted by Crippen LogP contribution is 2.35. The fourth-order valence-electron chi connectivity index (χ4n) is 3.85. The van der Waals surface area contributed by atoms with Crippen LogP contribution in [-0.2, 0) is 27.3 Å². The number of nitrogens with zero attached hydrogens (tertiary/aromatic N) is 3. The first-order chi connectivity index (χ1) is 13.1. The molecule has 0 radical (unpaired) electrons. The van der Waals surface area contributed by atoms with Crippen molar-refractivity contribution in [1.82, 2.24) is 14.9 Å². The van der Waals surface area contributed by atoms with Crippen molar-refractivity contribution in [3.05, 3.63) is 59.7 Å². The van der Waals surface area contributed by atoms with Gasteiger partial charge < -0.3 is 14.4 Å². The molecule has 6 nitrogen and oxygen atoms in total. The Balaban J connectivity index is 1.27. The van der Waals surface area contributed by atoms with Crippen molar-refractivity contribution < 1.29 is 14.3 Å². The number of carbonyl (C=O) groups is 1. The third-order valence-corrected chi connectivity index (χ3v) is 5.23. The monoisotopic (exact) mass is 367 g/mol. The zero-order chi connectivity index (χ0) is 18.7. The van der Waals surface area contributed by atoms with E-state index in [2.05, 4.69) is 16.0 Å². The van der Waals surface area contributed by atoms with Crippen LogP contribution in [0.3, 0.4) is 0 Å². The second-order valence-electron chi connectivity index (χ2n) is 7.58. The molecule has 142 valence electrons. The predicted molar refractivity (Wildman–Crippen MR) is 100.0 cm³/mol. The molecule has 4 heterocycles. The smallest absolute Gasteiger partial charge is 0.228 e. The molecule has 2 aliphatic heterocycles. The van der Waals surface area contributed by atoms with E-state index in [9.17, 15) is 4.79 Å². The van der Waals surface area contributed by atoms with E-state index in [1.54, 1.807) is 6.20 Å². The predicted octanol–water partition coefficient (Wildman–Crippen LogP) is 2.30. The largest absolute Gasteiger partial charge is 0.373 e. The van der Waals surface area contributed by atoms with E-state index in [4.69, 9.17) is 9.47 Å². The summed E-state index contributed by atoms with van der Waals surface area (Å²) >= 11 is 0. The average Bonchev–Trinajstić information content (AvgIpc) is 2.65. The third kappa shape index (κ3) is 4.34. The SMILES string of the molecule is Cc1cncc(COC2CCOC3(C2)CN(C(=O)Cc2ccccn2)C3)c1. The molecule has 2 saturated heterocycles. The van der Waals surface area contributed by atoms with Crippen LogP contribution in [0.4, 0.5) is 0 Å². The van der Waals surface area contributed by atoms with Gasteiger partial charge in [0.25, 0.3) is 0 Å². The maximum atomic E-state index is 12.4. The average molecular weight is 367 g/mol. The molecule has 6 heteroatoms. The van der Waals surface area contributed by atoms with Gasteiger partial charge in [-0.1, -0.05) is 12.1 Å². The Kier molecular flexibility index (Phi) is 5.18.